The Hall–Kier alpha value is -1.31. The van der Waals surface area contributed by atoms with Crippen LogP contribution in [0.4, 0.5) is 17.6 Å². The van der Waals surface area contributed by atoms with Gasteiger partial charge in [-0.05, 0) is 28.1 Å². The van der Waals surface area contributed by atoms with E-state index < -0.39 is 35.9 Å². The number of carbonyl (C=O) groups is 1. The number of ether oxygens (including phenoxy) is 1. The smallest absolute Gasteiger partial charge is 0.422 e. The molecule has 0 atom stereocenters. The number of carboxylic acid groups (broad SMARTS) is 1. The number of aromatic carboxylic acids is 1. The first-order valence-corrected chi connectivity index (χ1v) is 4.92. The lowest BCUT2D eigenvalue weighted by Crippen LogP contribution is -2.20. The van der Waals surface area contributed by atoms with E-state index >= 15 is 0 Å². The molecule has 17 heavy (non-hydrogen) atoms. The topological polar surface area (TPSA) is 46.5 Å². The summed E-state index contributed by atoms with van der Waals surface area (Å²) in [4.78, 5) is 10.5. The zero-order chi connectivity index (χ0) is 13.2. The second-order valence-electron chi connectivity index (χ2n) is 2.98. The van der Waals surface area contributed by atoms with Crippen molar-refractivity contribution < 1.29 is 32.2 Å². The first-order chi connectivity index (χ1) is 7.70. The molecule has 0 saturated heterocycles. The Bertz CT molecular complexity index is 421. The molecule has 0 unspecified atom stereocenters. The van der Waals surface area contributed by atoms with Crippen LogP contribution in [0.5, 0.6) is 5.75 Å². The molecule has 0 aliphatic rings. The number of rotatable bonds is 3. The Morgan fingerprint density at radius 3 is 2.41 bits per heavy atom. The maximum atomic E-state index is 13.3. The molecule has 94 valence electrons. The van der Waals surface area contributed by atoms with Crippen molar-refractivity contribution in [2.45, 2.75) is 6.18 Å². The second-order valence-corrected chi connectivity index (χ2v) is 3.83. The van der Waals surface area contributed by atoms with Crippen LogP contribution >= 0.6 is 15.9 Å². The van der Waals surface area contributed by atoms with Gasteiger partial charge in [0.1, 0.15) is 0 Å². The van der Waals surface area contributed by atoms with E-state index in [2.05, 4.69) is 20.7 Å². The number of hydrogen-bond acceptors (Lipinski definition) is 2. The van der Waals surface area contributed by atoms with Crippen molar-refractivity contribution in [1.29, 1.82) is 0 Å². The van der Waals surface area contributed by atoms with Gasteiger partial charge in [-0.15, -0.1) is 0 Å². The fourth-order valence-electron chi connectivity index (χ4n) is 0.975. The molecule has 0 amide bonds. The Morgan fingerprint density at radius 2 is 2.00 bits per heavy atom. The van der Waals surface area contributed by atoms with Crippen LogP contribution in [0.3, 0.4) is 0 Å². The summed E-state index contributed by atoms with van der Waals surface area (Å²) in [5.41, 5.74) is -0.395. The van der Waals surface area contributed by atoms with Gasteiger partial charge in [0.25, 0.3) is 0 Å². The summed E-state index contributed by atoms with van der Waals surface area (Å²) in [6.45, 7) is -1.66. The minimum absolute atomic E-state index is 0.195. The van der Waals surface area contributed by atoms with Gasteiger partial charge in [0.2, 0.25) is 0 Å². The van der Waals surface area contributed by atoms with Gasteiger partial charge in [-0.2, -0.15) is 13.2 Å². The first-order valence-electron chi connectivity index (χ1n) is 4.12. The SMILES string of the molecule is O=C(O)c1cc(F)c(OCC(F)(F)F)c(Br)c1. The Labute approximate surface area is 101 Å². The molecule has 1 aromatic carbocycles. The van der Waals surface area contributed by atoms with Crippen molar-refractivity contribution in [2.75, 3.05) is 6.61 Å². The van der Waals surface area contributed by atoms with Crippen molar-refractivity contribution in [2.24, 2.45) is 0 Å². The zero-order valence-corrected chi connectivity index (χ0v) is 9.60. The number of halogens is 5. The van der Waals surface area contributed by atoms with E-state index in [1.54, 1.807) is 0 Å². The normalized spacial score (nSPS) is 11.4. The molecule has 0 aromatic heterocycles. The van der Waals surface area contributed by atoms with E-state index in [0.29, 0.717) is 6.07 Å². The largest absolute Gasteiger partial charge is 0.480 e. The molecule has 0 heterocycles. The van der Waals surface area contributed by atoms with Crippen LogP contribution < -0.4 is 4.74 Å². The summed E-state index contributed by atoms with van der Waals surface area (Å²) in [7, 11) is 0. The summed E-state index contributed by atoms with van der Waals surface area (Å²) in [5, 5.41) is 8.58. The fourth-order valence-corrected chi connectivity index (χ4v) is 1.53. The number of carboxylic acids is 1. The molecule has 0 radical (unpaired) electrons. The monoisotopic (exact) mass is 316 g/mol. The first kappa shape index (κ1) is 13.8. The average molecular weight is 317 g/mol. The van der Waals surface area contributed by atoms with E-state index in [9.17, 15) is 22.4 Å². The van der Waals surface area contributed by atoms with Gasteiger partial charge in [0, 0.05) is 0 Å². The summed E-state index contributed by atoms with van der Waals surface area (Å²) >= 11 is 2.74. The number of benzene rings is 1. The summed E-state index contributed by atoms with van der Waals surface area (Å²) < 4.78 is 52.9. The predicted octanol–water partition coefficient (Wildman–Crippen LogP) is 3.23. The molecular formula is C9H5BrF4O3. The highest BCUT2D eigenvalue weighted by atomic mass is 79.9. The van der Waals surface area contributed by atoms with E-state index in [1.807, 2.05) is 0 Å². The second kappa shape index (κ2) is 4.91. The third-order valence-electron chi connectivity index (χ3n) is 1.63. The third-order valence-corrected chi connectivity index (χ3v) is 2.21. The molecule has 1 N–H and O–H groups in total. The van der Waals surface area contributed by atoms with Gasteiger partial charge in [-0.1, -0.05) is 0 Å². The molecule has 0 fully saturated rings. The highest BCUT2D eigenvalue weighted by Gasteiger charge is 2.29. The van der Waals surface area contributed by atoms with Crippen LogP contribution in [-0.4, -0.2) is 23.9 Å². The van der Waals surface area contributed by atoms with Crippen LogP contribution in [0.1, 0.15) is 10.4 Å². The third kappa shape index (κ3) is 3.88. The van der Waals surface area contributed by atoms with Crippen LogP contribution in [0.2, 0.25) is 0 Å². The van der Waals surface area contributed by atoms with Crippen LogP contribution in [-0.2, 0) is 0 Å². The van der Waals surface area contributed by atoms with Gasteiger partial charge < -0.3 is 9.84 Å². The lowest BCUT2D eigenvalue weighted by molar-refractivity contribution is -0.153. The molecule has 0 saturated carbocycles. The van der Waals surface area contributed by atoms with Gasteiger partial charge in [0.05, 0.1) is 10.0 Å². The van der Waals surface area contributed by atoms with Gasteiger partial charge in [0.15, 0.2) is 18.2 Å². The van der Waals surface area contributed by atoms with E-state index in [0.717, 1.165) is 6.07 Å². The van der Waals surface area contributed by atoms with Crippen molar-refractivity contribution in [3.05, 3.63) is 28.0 Å². The van der Waals surface area contributed by atoms with Crippen molar-refractivity contribution in [3.63, 3.8) is 0 Å². The quantitative estimate of drug-likeness (QED) is 0.871. The Morgan fingerprint density at radius 1 is 1.41 bits per heavy atom. The van der Waals surface area contributed by atoms with Gasteiger partial charge in [-0.3, -0.25) is 0 Å². The van der Waals surface area contributed by atoms with E-state index in [4.69, 9.17) is 5.11 Å². The lowest BCUT2D eigenvalue weighted by atomic mass is 10.2. The Balaban J connectivity index is 2.98. The fraction of sp³-hybridized carbons (Fsp3) is 0.222. The molecule has 1 rings (SSSR count). The summed E-state index contributed by atoms with van der Waals surface area (Å²) in [6.07, 6.45) is -4.60. The van der Waals surface area contributed by atoms with Gasteiger partial charge in [-0.25, -0.2) is 9.18 Å². The standard InChI is InChI=1S/C9H5BrF4O3/c10-5-1-4(8(15)16)2-6(11)7(5)17-3-9(12,13)14/h1-2H,3H2,(H,15,16). The van der Waals surface area contributed by atoms with Crippen molar-refractivity contribution in [1.82, 2.24) is 0 Å². The molecule has 0 spiro atoms. The number of alkyl halides is 3. The molecule has 3 nitrogen and oxygen atoms in total. The average Bonchev–Trinajstić information content (AvgIpc) is 2.14. The van der Waals surface area contributed by atoms with Crippen LogP contribution in [0.15, 0.2) is 16.6 Å². The van der Waals surface area contributed by atoms with E-state index in [1.165, 1.54) is 0 Å². The lowest BCUT2D eigenvalue weighted by Gasteiger charge is -2.11. The van der Waals surface area contributed by atoms with Crippen molar-refractivity contribution in [3.8, 4) is 5.75 Å². The zero-order valence-electron chi connectivity index (χ0n) is 8.02. The minimum atomic E-state index is -4.60. The minimum Gasteiger partial charge on any atom is -0.480 e. The Kier molecular flexibility index (Phi) is 3.97. The van der Waals surface area contributed by atoms with Crippen molar-refractivity contribution >= 4 is 21.9 Å². The molecule has 0 aliphatic heterocycles. The molecule has 1 aromatic rings. The molecule has 0 bridgehead atoms. The van der Waals surface area contributed by atoms with Crippen LogP contribution in [0, 0.1) is 5.82 Å². The molecular weight excluding hydrogens is 312 g/mol. The summed E-state index contributed by atoms with van der Waals surface area (Å²) in [5.74, 6) is -3.25. The number of hydrogen-bond donors (Lipinski definition) is 1. The molecule has 8 heteroatoms. The maximum absolute atomic E-state index is 13.3. The highest BCUT2D eigenvalue weighted by Crippen LogP contribution is 2.31. The van der Waals surface area contributed by atoms with E-state index in [-0.39, 0.29) is 4.47 Å². The van der Waals surface area contributed by atoms with Crippen LogP contribution in [0.25, 0.3) is 0 Å². The van der Waals surface area contributed by atoms with Gasteiger partial charge >= 0.3 is 12.1 Å². The summed E-state index contributed by atoms with van der Waals surface area (Å²) in [6, 6.07) is 1.54. The molecule has 0 aliphatic carbocycles. The maximum Gasteiger partial charge on any atom is 0.422 e. The highest BCUT2D eigenvalue weighted by molar-refractivity contribution is 9.10. The predicted molar refractivity (Wildman–Crippen MR) is 52.6 cm³/mol.